The molecule has 1 aromatic rings. The quantitative estimate of drug-likeness (QED) is 0.623. The number of rotatable bonds is 10. The normalized spacial score (nSPS) is 9.91. The fourth-order valence-electron chi connectivity index (χ4n) is 1.83. The Kier molecular flexibility index (Phi) is 11.7. The number of carbonyl (C=O) groups is 1. The molecule has 0 bridgehead atoms. The van der Waals surface area contributed by atoms with Crippen LogP contribution in [0.3, 0.4) is 0 Å². The Hall–Kier alpha value is -1.17. The number of carbonyl (C=O) groups excluding carboxylic acids is 1. The highest BCUT2D eigenvalue weighted by Crippen LogP contribution is 2.36. The number of amides is 1. The van der Waals surface area contributed by atoms with E-state index in [-0.39, 0.29) is 18.3 Å². The zero-order chi connectivity index (χ0) is 16.4. The average molecular weight is 365 g/mol. The van der Waals surface area contributed by atoms with Gasteiger partial charge in [0.2, 0.25) is 0 Å². The third-order valence-electron chi connectivity index (χ3n) is 2.98. The minimum absolute atomic E-state index is 0. The van der Waals surface area contributed by atoms with Gasteiger partial charge in [0, 0.05) is 12.1 Å². The molecule has 1 amide bonds. The predicted molar refractivity (Wildman–Crippen MR) is 96.3 cm³/mol. The molecule has 132 valence electrons. The van der Waals surface area contributed by atoms with Crippen LogP contribution in [0.4, 0.5) is 0 Å². The van der Waals surface area contributed by atoms with Crippen LogP contribution in [0.25, 0.3) is 0 Å². The summed E-state index contributed by atoms with van der Waals surface area (Å²) in [4.78, 5) is 12.1. The van der Waals surface area contributed by atoms with E-state index in [2.05, 4.69) is 12.2 Å². The van der Waals surface area contributed by atoms with Crippen molar-refractivity contribution < 1.29 is 14.3 Å². The summed E-state index contributed by atoms with van der Waals surface area (Å²) in [5.41, 5.74) is 5.86. The molecule has 1 rings (SSSR count). The molecule has 0 aromatic heterocycles. The van der Waals surface area contributed by atoms with Gasteiger partial charge in [-0.2, -0.15) is 0 Å². The minimum Gasteiger partial charge on any atom is -0.490 e. The van der Waals surface area contributed by atoms with Crippen LogP contribution in [-0.4, -0.2) is 32.2 Å². The zero-order valence-corrected chi connectivity index (χ0v) is 15.3. The molecule has 0 aliphatic heterocycles. The van der Waals surface area contributed by atoms with Crippen molar-refractivity contribution in [2.75, 3.05) is 26.3 Å². The Morgan fingerprint density at radius 3 is 2.61 bits per heavy atom. The van der Waals surface area contributed by atoms with Gasteiger partial charge in [-0.15, -0.1) is 12.4 Å². The monoisotopic (exact) mass is 364 g/mol. The highest BCUT2D eigenvalue weighted by atomic mass is 35.5. The standard InChI is InChI=1S/C16H25ClN2O3.ClH/c1-3-5-9-22-15-13(17)10-12(11-14(15)21-4-2)16(20)19-8-6-7-18;/h10-11H,3-9,18H2,1-2H3,(H,19,20);1H. The van der Waals surface area contributed by atoms with E-state index in [1.807, 2.05) is 6.92 Å². The van der Waals surface area contributed by atoms with E-state index in [1.165, 1.54) is 0 Å². The predicted octanol–water partition coefficient (Wildman–Crippen LogP) is 3.42. The first-order valence-electron chi connectivity index (χ1n) is 7.71. The van der Waals surface area contributed by atoms with Gasteiger partial charge in [0.25, 0.3) is 5.91 Å². The molecule has 0 aliphatic carbocycles. The van der Waals surface area contributed by atoms with Gasteiger partial charge in [0.15, 0.2) is 11.5 Å². The lowest BCUT2D eigenvalue weighted by atomic mass is 10.2. The van der Waals surface area contributed by atoms with Gasteiger partial charge in [-0.05, 0) is 38.4 Å². The largest absolute Gasteiger partial charge is 0.490 e. The number of nitrogens with two attached hydrogens (primary N) is 1. The van der Waals surface area contributed by atoms with Crippen molar-refractivity contribution in [1.82, 2.24) is 5.32 Å². The van der Waals surface area contributed by atoms with Crippen LogP contribution >= 0.6 is 24.0 Å². The van der Waals surface area contributed by atoms with Gasteiger partial charge in [-0.25, -0.2) is 0 Å². The van der Waals surface area contributed by atoms with Crippen LogP contribution in [0.1, 0.15) is 43.5 Å². The van der Waals surface area contributed by atoms with Crippen molar-refractivity contribution >= 4 is 29.9 Å². The molecule has 0 fully saturated rings. The molecule has 0 atom stereocenters. The fourth-order valence-corrected chi connectivity index (χ4v) is 2.09. The van der Waals surface area contributed by atoms with Gasteiger partial charge < -0.3 is 20.5 Å². The Labute approximate surface area is 149 Å². The Morgan fingerprint density at radius 1 is 1.26 bits per heavy atom. The molecule has 23 heavy (non-hydrogen) atoms. The summed E-state index contributed by atoms with van der Waals surface area (Å²) >= 11 is 6.25. The Balaban J connectivity index is 0.00000484. The topological polar surface area (TPSA) is 73.6 Å². The minimum atomic E-state index is -0.198. The van der Waals surface area contributed by atoms with E-state index in [9.17, 15) is 4.79 Å². The maximum absolute atomic E-state index is 12.1. The van der Waals surface area contributed by atoms with Crippen LogP contribution in [0, 0.1) is 0 Å². The number of benzene rings is 1. The summed E-state index contributed by atoms with van der Waals surface area (Å²) < 4.78 is 11.2. The number of ether oxygens (including phenoxy) is 2. The Bertz CT molecular complexity index is 485. The van der Waals surface area contributed by atoms with Crippen LogP contribution in [0.15, 0.2) is 12.1 Å². The molecule has 0 unspecified atom stereocenters. The molecule has 0 spiro atoms. The average Bonchev–Trinajstić information content (AvgIpc) is 2.50. The maximum Gasteiger partial charge on any atom is 0.251 e. The van der Waals surface area contributed by atoms with E-state index in [1.54, 1.807) is 12.1 Å². The van der Waals surface area contributed by atoms with Crippen molar-refractivity contribution in [1.29, 1.82) is 0 Å². The van der Waals surface area contributed by atoms with Gasteiger partial charge >= 0.3 is 0 Å². The maximum atomic E-state index is 12.1. The highest BCUT2D eigenvalue weighted by Gasteiger charge is 2.16. The highest BCUT2D eigenvalue weighted by molar-refractivity contribution is 6.32. The molecule has 0 saturated heterocycles. The van der Waals surface area contributed by atoms with E-state index in [4.69, 9.17) is 26.8 Å². The summed E-state index contributed by atoms with van der Waals surface area (Å²) in [6, 6.07) is 3.26. The molecule has 0 saturated carbocycles. The number of halogens is 2. The molecule has 1 aromatic carbocycles. The molecule has 3 N–H and O–H groups in total. The summed E-state index contributed by atoms with van der Waals surface area (Å²) in [5.74, 6) is 0.793. The first-order chi connectivity index (χ1) is 10.6. The zero-order valence-electron chi connectivity index (χ0n) is 13.7. The van der Waals surface area contributed by atoms with Gasteiger partial charge in [-0.3, -0.25) is 4.79 Å². The second-order valence-corrected chi connectivity index (χ2v) is 5.23. The van der Waals surface area contributed by atoms with Crippen LogP contribution in [0.5, 0.6) is 11.5 Å². The van der Waals surface area contributed by atoms with Gasteiger partial charge in [0.1, 0.15) is 0 Å². The fraction of sp³-hybridized carbons (Fsp3) is 0.562. The van der Waals surface area contributed by atoms with Crippen molar-refractivity contribution in [3.63, 3.8) is 0 Å². The summed E-state index contributed by atoms with van der Waals surface area (Å²) in [7, 11) is 0. The third-order valence-corrected chi connectivity index (χ3v) is 3.26. The number of unbranched alkanes of at least 4 members (excludes halogenated alkanes) is 1. The lowest BCUT2D eigenvalue weighted by Crippen LogP contribution is -2.26. The molecular formula is C16H26Cl2N2O3. The molecule has 0 heterocycles. The van der Waals surface area contributed by atoms with Crippen LogP contribution < -0.4 is 20.5 Å². The second-order valence-electron chi connectivity index (χ2n) is 4.82. The van der Waals surface area contributed by atoms with Crippen molar-refractivity contribution in [3.05, 3.63) is 22.7 Å². The number of nitrogens with one attached hydrogen (secondary N) is 1. The number of hydrogen-bond acceptors (Lipinski definition) is 4. The molecule has 0 radical (unpaired) electrons. The molecular weight excluding hydrogens is 339 g/mol. The van der Waals surface area contributed by atoms with Gasteiger partial charge in [-0.1, -0.05) is 24.9 Å². The van der Waals surface area contributed by atoms with E-state index in [0.717, 1.165) is 19.3 Å². The first-order valence-corrected chi connectivity index (χ1v) is 8.09. The van der Waals surface area contributed by atoms with E-state index >= 15 is 0 Å². The molecule has 7 heteroatoms. The summed E-state index contributed by atoms with van der Waals surface area (Å²) in [6.45, 7) is 6.07. The SMILES string of the molecule is CCCCOc1c(Cl)cc(C(=O)NCCCN)cc1OCC.Cl. The lowest BCUT2D eigenvalue weighted by Gasteiger charge is -2.15. The number of hydrogen-bond donors (Lipinski definition) is 2. The first kappa shape index (κ1) is 21.8. The van der Waals surface area contributed by atoms with Crippen molar-refractivity contribution in [2.24, 2.45) is 5.73 Å². The Morgan fingerprint density at radius 2 is 2.00 bits per heavy atom. The molecule has 5 nitrogen and oxygen atoms in total. The summed E-state index contributed by atoms with van der Waals surface area (Å²) in [5, 5.41) is 3.17. The second kappa shape index (κ2) is 12.3. The van der Waals surface area contributed by atoms with Crippen molar-refractivity contribution in [2.45, 2.75) is 33.1 Å². The van der Waals surface area contributed by atoms with Crippen LogP contribution in [-0.2, 0) is 0 Å². The smallest absolute Gasteiger partial charge is 0.251 e. The van der Waals surface area contributed by atoms with Gasteiger partial charge in [0.05, 0.1) is 18.2 Å². The third kappa shape index (κ3) is 7.29. The van der Waals surface area contributed by atoms with Crippen molar-refractivity contribution in [3.8, 4) is 11.5 Å². The van der Waals surface area contributed by atoms with E-state index < -0.39 is 0 Å². The lowest BCUT2D eigenvalue weighted by molar-refractivity contribution is 0.0953. The van der Waals surface area contributed by atoms with Crippen LogP contribution in [0.2, 0.25) is 5.02 Å². The summed E-state index contributed by atoms with van der Waals surface area (Å²) in [6.07, 6.45) is 2.70. The molecule has 0 aliphatic rings. The van der Waals surface area contributed by atoms with E-state index in [0.29, 0.717) is 48.4 Å².